The van der Waals surface area contributed by atoms with Gasteiger partial charge in [-0.25, -0.2) is 0 Å². The van der Waals surface area contributed by atoms with Crippen LogP contribution in [0.2, 0.25) is 0 Å². The van der Waals surface area contributed by atoms with Crippen molar-refractivity contribution in [2.75, 3.05) is 13.1 Å². The van der Waals surface area contributed by atoms with E-state index < -0.39 is 0 Å². The van der Waals surface area contributed by atoms with Crippen molar-refractivity contribution in [1.82, 2.24) is 21.3 Å². The van der Waals surface area contributed by atoms with Crippen LogP contribution in [0.15, 0.2) is 34.3 Å². The van der Waals surface area contributed by atoms with Crippen LogP contribution >= 0.6 is 0 Å². The van der Waals surface area contributed by atoms with Crippen molar-refractivity contribution in [3.8, 4) is 0 Å². The fraction of sp³-hybridized carbons (Fsp3) is 0.500. The highest BCUT2D eigenvalue weighted by Crippen LogP contribution is 2.06. The number of guanidine groups is 2. The summed E-state index contributed by atoms with van der Waals surface area (Å²) in [5.41, 5.74) is 2.50. The fourth-order valence-electron chi connectivity index (χ4n) is 2.54. The zero-order valence-corrected chi connectivity index (χ0v) is 13.2. The predicted molar refractivity (Wildman–Crippen MR) is 89.9 cm³/mol. The lowest BCUT2D eigenvalue weighted by Gasteiger charge is -2.11. The minimum Gasteiger partial charge on any atom is -0.352 e. The lowest BCUT2D eigenvalue weighted by molar-refractivity contribution is 0.712. The van der Waals surface area contributed by atoms with Crippen LogP contribution in [0.5, 0.6) is 0 Å². The third-order valence-corrected chi connectivity index (χ3v) is 3.72. The van der Waals surface area contributed by atoms with Gasteiger partial charge in [0.05, 0.1) is 13.1 Å². The van der Waals surface area contributed by atoms with E-state index >= 15 is 0 Å². The third-order valence-electron chi connectivity index (χ3n) is 3.72. The Hall–Kier alpha value is -2.24. The highest BCUT2D eigenvalue weighted by molar-refractivity contribution is 5.82. The summed E-state index contributed by atoms with van der Waals surface area (Å²) in [5, 5.41) is 13.3. The van der Waals surface area contributed by atoms with Gasteiger partial charge in [0.1, 0.15) is 0 Å². The van der Waals surface area contributed by atoms with E-state index in [0.717, 1.165) is 38.1 Å². The summed E-state index contributed by atoms with van der Waals surface area (Å²) < 4.78 is 0. The Morgan fingerprint density at radius 1 is 0.955 bits per heavy atom. The Bertz CT molecular complexity index is 533. The minimum absolute atomic E-state index is 0.431. The number of hydrogen-bond donors (Lipinski definition) is 4. The quantitative estimate of drug-likeness (QED) is 0.656. The standard InChI is InChI=1S/C16H24N6/c1-11-7-17-15(21-11)19-9-13-4-3-5-14(6-13)10-20-16-18-8-12(2)22-16/h3-6,11-12H,7-10H2,1-2H3,(H2,17,19,21)(H2,18,20,22). The number of hydrogen-bond acceptors (Lipinski definition) is 6. The van der Waals surface area contributed by atoms with Crippen molar-refractivity contribution >= 4 is 11.9 Å². The van der Waals surface area contributed by atoms with E-state index in [0.29, 0.717) is 12.1 Å². The molecule has 2 aliphatic rings. The Morgan fingerprint density at radius 3 is 1.86 bits per heavy atom. The van der Waals surface area contributed by atoms with Gasteiger partial charge in [-0.1, -0.05) is 24.3 Å². The molecule has 2 unspecified atom stereocenters. The molecular formula is C16H24N6. The molecule has 0 amide bonds. The van der Waals surface area contributed by atoms with Crippen LogP contribution in [0.25, 0.3) is 0 Å². The van der Waals surface area contributed by atoms with Gasteiger partial charge in [0.25, 0.3) is 0 Å². The van der Waals surface area contributed by atoms with Gasteiger partial charge in [-0.3, -0.25) is 9.98 Å². The van der Waals surface area contributed by atoms with Crippen LogP contribution in [-0.4, -0.2) is 37.1 Å². The highest BCUT2D eigenvalue weighted by atomic mass is 15.2. The second-order valence-electron chi connectivity index (χ2n) is 6.00. The molecule has 4 N–H and O–H groups in total. The summed E-state index contributed by atoms with van der Waals surface area (Å²) in [6.45, 7) is 7.51. The molecule has 0 radical (unpaired) electrons. The maximum Gasteiger partial charge on any atom is 0.191 e. The van der Waals surface area contributed by atoms with Crippen LogP contribution in [-0.2, 0) is 13.1 Å². The second-order valence-corrected chi connectivity index (χ2v) is 6.00. The number of aliphatic imine (C=N–C) groups is 2. The number of nitrogens with zero attached hydrogens (tertiary/aromatic N) is 2. The second kappa shape index (κ2) is 6.68. The molecule has 2 aliphatic heterocycles. The van der Waals surface area contributed by atoms with Gasteiger partial charge in [-0.15, -0.1) is 0 Å². The first-order valence-electron chi connectivity index (χ1n) is 7.86. The van der Waals surface area contributed by atoms with Crippen LogP contribution in [0.3, 0.4) is 0 Å². The molecule has 22 heavy (non-hydrogen) atoms. The molecule has 0 fully saturated rings. The van der Waals surface area contributed by atoms with Gasteiger partial charge in [0.15, 0.2) is 11.9 Å². The monoisotopic (exact) mass is 300 g/mol. The lowest BCUT2D eigenvalue weighted by atomic mass is 10.1. The summed E-state index contributed by atoms with van der Waals surface area (Å²) in [6.07, 6.45) is 0. The molecule has 0 aliphatic carbocycles. The zero-order chi connectivity index (χ0) is 15.4. The summed E-state index contributed by atoms with van der Waals surface area (Å²) in [4.78, 5) is 8.82. The van der Waals surface area contributed by atoms with E-state index in [1.54, 1.807) is 0 Å². The topological polar surface area (TPSA) is 72.8 Å². The molecule has 0 saturated heterocycles. The number of benzene rings is 1. The zero-order valence-electron chi connectivity index (χ0n) is 13.2. The smallest absolute Gasteiger partial charge is 0.191 e. The molecule has 1 aromatic rings. The summed E-state index contributed by atoms with van der Waals surface area (Å²) >= 11 is 0. The SMILES string of the molecule is CC1CN=C(NCc2cccc(CNC3=NCC(C)N3)c2)N1. The van der Waals surface area contributed by atoms with Crippen molar-refractivity contribution in [3.05, 3.63) is 35.4 Å². The van der Waals surface area contributed by atoms with E-state index in [4.69, 9.17) is 0 Å². The molecule has 6 heteroatoms. The Morgan fingerprint density at radius 2 is 1.45 bits per heavy atom. The van der Waals surface area contributed by atoms with Gasteiger partial charge in [0, 0.05) is 25.2 Å². The largest absolute Gasteiger partial charge is 0.352 e. The van der Waals surface area contributed by atoms with Crippen LogP contribution in [0, 0.1) is 0 Å². The van der Waals surface area contributed by atoms with Crippen molar-refractivity contribution in [3.63, 3.8) is 0 Å². The average Bonchev–Trinajstić information content (AvgIpc) is 3.12. The predicted octanol–water partition coefficient (Wildman–Crippen LogP) is 0.561. The molecule has 0 spiro atoms. The molecule has 2 atom stereocenters. The summed E-state index contributed by atoms with van der Waals surface area (Å²) in [5.74, 6) is 1.80. The molecule has 1 aromatic carbocycles. The van der Waals surface area contributed by atoms with Crippen molar-refractivity contribution in [1.29, 1.82) is 0 Å². The first kappa shape index (κ1) is 14.7. The number of nitrogens with one attached hydrogen (secondary N) is 4. The highest BCUT2D eigenvalue weighted by Gasteiger charge is 2.12. The van der Waals surface area contributed by atoms with Gasteiger partial charge in [-0.05, 0) is 25.0 Å². The van der Waals surface area contributed by atoms with E-state index in [9.17, 15) is 0 Å². The van der Waals surface area contributed by atoms with Crippen molar-refractivity contribution in [2.45, 2.75) is 39.0 Å². The Balaban J connectivity index is 1.49. The molecule has 2 heterocycles. The normalized spacial score (nSPS) is 23.4. The van der Waals surface area contributed by atoms with Crippen molar-refractivity contribution < 1.29 is 0 Å². The van der Waals surface area contributed by atoms with Crippen LogP contribution in [0.4, 0.5) is 0 Å². The van der Waals surface area contributed by atoms with Crippen molar-refractivity contribution in [2.24, 2.45) is 9.98 Å². The summed E-state index contributed by atoms with van der Waals surface area (Å²) in [6, 6.07) is 9.41. The third kappa shape index (κ3) is 3.90. The maximum atomic E-state index is 4.41. The van der Waals surface area contributed by atoms with Gasteiger partial charge in [-0.2, -0.15) is 0 Å². The van der Waals surface area contributed by atoms with Gasteiger partial charge >= 0.3 is 0 Å². The molecular weight excluding hydrogens is 276 g/mol. The molecule has 118 valence electrons. The number of rotatable bonds is 4. The maximum absolute atomic E-state index is 4.41. The van der Waals surface area contributed by atoms with Gasteiger partial charge < -0.3 is 21.3 Å². The van der Waals surface area contributed by atoms with Gasteiger partial charge in [0.2, 0.25) is 0 Å². The van der Waals surface area contributed by atoms with E-state index in [-0.39, 0.29) is 0 Å². The Labute approximate surface area is 131 Å². The molecule has 6 nitrogen and oxygen atoms in total. The van der Waals surface area contributed by atoms with Crippen LogP contribution in [0.1, 0.15) is 25.0 Å². The first-order chi connectivity index (χ1) is 10.7. The van der Waals surface area contributed by atoms with E-state index in [2.05, 4.69) is 69.4 Å². The van der Waals surface area contributed by atoms with E-state index in [1.165, 1.54) is 11.1 Å². The van der Waals surface area contributed by atoms with E-state index in [1.807, 2.05) is 0 Å². The average molecular weight is 300 g/mol. The van der Waals surface area contributed by atoms with Crippen LogP contribution < -0.4 is 21.3 Å². The minimum atomic E-state index is 0.431. The molecule has 0 bridgehead atoms. The molecule has 0 aromatic heterocycles. The Kier molecular flexibility index (Phi) is 4.46. The summed E-state index contributed by atoms with van der Waals surface area (Å²) in [7, 11) is 0. The molecule has 3 rings (SSSR count). The molecule has 0 saturated carbocycles. The first-order valence-corrected chi connectivity index (χ1v) is 7.86. The lowest BCUT2D eigenvalue weighted by Crippen LogP contribution is -2.37. The fourth-order valence-corrected chi connectivity index (χ4v) is 2.54.